The molecule has 1 aliphatic carbocycles. The molecule has 3 aromatic rings. The highest BCUT2D eigenvalue weighted by atomic mass is 19.1. The number of pyridine rings is 2. The van der Waals surface area contributed by atoms with Crippen LogP contribution in [0.1, 0.15) is 37.2 Å². The lowest BCUT2D eigenvalue weighted by Crippen LogP contribution is -2.23. The van der Waals surface area contributed by atoms with Crippen LogP contribution in [0.5, 0.6) is 5.88 Å². The maximum absolute atomic E-state index is 12.9. The Bertz CT molecular complexity index is 841. The Morgan fingerprint density at radius 1 is 0.900 bits per heavy atom. The molecule has 0 radical (unpaired) electrons. The molecule has 1 saturated carbocycles. The van der Waals surface area contributed by atoms with Crippen molar-refractivity contribution in [3.05, 3.63) is 90.4 Å². The third kappa shape index (κ3) is 8.34. The molecule has 2 N–H and O–H groups in total. The summed E-state index contributed by atoms with van der Waals surface area (Å²) in [5.74, 6) is 0.778. The van der Waals surface area contributed by atoms with Gasteiger partial charge in [0.15, 0.2) is 0 Å². The number of amides is 1. The van der Waals surface area contributed by atoms with Crippen LogP contribution in [0.25, 0.3) is 0 Å². The summed E-state index contributed by atoms with van der Waals surface area (Å²) in [7, 11) is 0. The molecule has 0 bridgehead atoms. The van der Waals surface area contributed by atoms with Crippen molar-refractivity contribution >= 4 is 6.41 Å². The molecule has 0 aliphatic heterocycles. The first kappa shape index (κ1) is 22.9. The molecule has 1 aromatic carbocycles. The molecule has 1 amide bonds. The highest BCUT2D eigenvalue weighted by molar-refractivity contribution is 5.42. The van der Waals surface area contributed by atoms with Crippen LogP contribution < -0.4 is 10.5 Å². The molecule has 0 spiro atoms. The van der Waals surface area contributed by atoms with Crippen molar-refractivity contribution in [2.45, 2.75) is 37.7 Å². The van der Waals surface area contributed by atoms with Gasteiger partial charge >= 0.3 is 0 Å². The van der Waals surface area contributed by atoms with Gasteiger partial charge in [0.05, 0.1) is 6.20 Å². The quantitative estimate of drug-likeness (QED) is 0.634. The Morgan fingerprint density at radius 2 is 1.60 bits per heavy atom. The molecule has 7 heteroatoms. The van der Waals surface area contributed by atoms with Crippen LogP contribution in [0.3, 0.4) is 0 Å². The molecule has 5 nitrogen and oxygen atoms in total. The topological polar surface area (TPSA) is 78.1 Å². The van der Waals surface area contributed by atoms with Crippen molar-refractivity contribution in [1.82, 2.24) is 9.97 Å². The average Bonchev–Trinajstić information content (AvgIpc) is 2.77. The predicted octanol–water partition coefficient (Wildman–Crippen LogP) is 4.65. The number of aromatic nitrogens is 2. The first-order chi connectivity index (χ1) is 14.6. The van der Waals surface area contributed by atoms with E-state index in [1.165, 1.54) is 24.0 Å². The fourth-order valence-electron chi connectivity index (χ4n) is 3.18. The van der Waals surface area contributed by atoms with Crippen molar-refractivity contribution in [3.8, 4) is 5.88 Å². The maximum atomic E-state index is 12.9. The number of carbonyl (C=O) groups excluding carboxylic acids is 1. The molecule has 158 valence electrons. The molecule has 0 saturated heterocycles. The van der Waals surface area contributed by atoms with Crippen LogP contribution in [0, 0.1) is 11.6 Å². The molecule has 30 heavy (non-hydrogen) atoms. The standard InChI is InChI=1S/C17H18FNO.C5H4FN.CH3NO/c18-15-8-4-13(5-9-15)14-6-10-16(11-7-14)20-17-3-1-2-12-19-17;6-5-2-1-3-7-4-5;2-1-3/h1-5,8-9,12,14,16H,6-7,10-11H2;1-4H;1H,(H2,2,3). The number of ether oxygens (including phenoxy) is 1. The molecular weight excluding hydrogens is 388 g/mol. The Balaban J connectivity index is 0.000000266. The average molecular weight is 413 g/mol. The number of benzene rings is 1. The predicted molar refractivity (Wildman–Crippen MR) is 111 cm³/mol. The van der Waals surface area contributed by atoms with Gasteiger partial charge in [0.2, 0.25) is 12.3 Å². The fourth-order valence-corrected chi connectivity index (χ4v) is 3.18. The molecule has 4 rings (SSSR count). The highest BCUT2D eigenvalue weighted by Crippen LogP contribution is 2.34. The molecule has 0 atom stereocenters. The van der Waals surface area contributed by atoms with Crippen molar-refractivity contribution in [2.75, 3.05) is 0 Å². The Kier molecular flexibility index (Phi) is 9.92. The summed E-state index contributed by atoms with van der Waals surface area (Å²) in [6.45, 7) is 0. The number of halogens is 2. The van der Waals surface area contributed by atoms with Crippen LogP contribution in [0.2, 0.25) is 0 Å². The minimum Gasteiger partial charge on any atom is -0.474 e. The van der Waals surface area contributed by atoms with Crippen LogP contribution >= 0.6 is 0 Å². The molecule has 1 fully saturated rings. The van der Waals surface area contributed by atoms with Gasteiger partial charge in [-0.3, -0.25) is 9.78 Å². The van der Waals surface area contributed by atoms with E-state index in [1.807, 2.05) is 30.3 Å². The normalized spacial score (nSPS) is 17.4. The van der Waals surface area contributed by atoms with E-state index in [-0.39, 0.29) is 24.1 Å². The van der Waals surface area contributed by atoms with Gasteiger partial charge in [-0.15, -0.1) is 0 Å². The van der Waals surface area contributed by atoms with Crippen molar-refractivity contribution < 1.29 is 18.3 Å². The molecule has 1 aliphatic rings. The van der Waals surface area contributed by atoms with E-state index in [9.17, 15) is 8.78 Å². The van der Waals surface area contributed by atoms with Crippen LogP contribution in [0.4, 0.5) is 8.78 Å². The Labute approximate surface area is 174 Å². The summed E-state index contributed by atoms with van der Waals surface area (Å²) in [6.07, 6.45) is 9.17. The van der Waals surface area contributed by atoms with Crippen LogP contribution in [0.15, 0.2) is 73.2 Å². The fraction of sp³-hybridized carbons (Fsp3) is 0.261. The number of nitrogens with two attached hydrogens (primary N) is 1. The number of primary amides is 1. The van der Waals surface area contributed by atoms with E-state index < -0.39 is 0 Å². The van der Waals surface area contributed by atoms with E-state index in [4.69, 9.17) is 9.53 Å². The largest absolute Gasteiger partial charge is 0.474 e. The summed E-state index contributed by atoms with van der Waals surface area (Å²) in [4.78, 5) is 16.3. The van der Waals surface area contributed by atoms with Crippen LogP contribution in [-0.2, 0) is 4.79 Å². The van der Waals surface area contributed by atoms with Gasteiger partial charge in [-0.25, -0.2) is 13.8 Å². The van der Waals surface area contributed by atoms with Gasteiger partial charge in [-0.2, -0.15) is 0 Å². The maximum Gasteiger partial charge on any atom is 0.213 e. The monoisotopic (exact) mass is 413 g/mol. The van der Waals surface area contributed by atoms with Gasteiger partial charge in [0.25, 0.3) is 0 Å². The minimum atomic E-state index is -0.289. The second-order valence-electron chi connectivity index (χ2n) is 6.62. The zero-order valence-electron chi connectivity index (χ0n) is 16.5. The lowest BCUT2D eigenvalue weighted by Gasteiger charge is -2.28. The highest BCUT2D eigenvalue weighted by Gasteiger charge is 2.23. The zero-order chi connectivity index (χ0) is 21.6. The first-order valence-corrected chi connectivity index (χ1v) is 9.66. The molecule has 2 aromatic heterocycles. The summed E-state index contributed by atoms with van der Waals surface area (Å²) in [6, 6.07) is 15.5. The van der Waals surface area contributed by atoms with Crippen molar-refractivity contribution in [1.29, 1.82) is 0 Å². The summed E-state index contributed by atoms with van der Waals surface area (Å²) < 4.78 is 30.7. The second kappa shape index (κ2) is 13.0. The summed E-state index contributed by atoms with van der Waals surface area (Å²) in [5.41, 5.74) is 5.41. The van der Waals surface area contributed by atoms with E-state index in [2.05, 4.69) is 15.7 Å². The van der Waals surface area contributed by atoms with Crippen LogP contribution in [-0.4, -0.2) is 22.5 Å². The van der Waals surface area contributed by atoms with Gasteiger partial charge in [-0.05, 0) is 67.5 Å². The van der Waals surface area contributed by atoms with Gasteiger partial charge < -0.3 is 10.5 Å². The SMILES string of the molecule is Fc1ccc(C2CCC(Oc3ccccn3)CC2)cc1.Fc1cccnc1.NC=O. The lowest BCUT2D eigenvalue weighted by molar-refractivity contribution is -0.106. The third-order valence-corrected chi connectivity index (χ3v) is 4.57. The molecule has 0 unspecified atom stereocenters. The second-order valence-corrected chi connectivity index (χ2v) is 6.62. The lowest BCUT2D eigenvalue weighted by atomic mass is 9.83. The number of hydrogen-bond donors (Lipinski definition) is 1. The van der Waals surface area contributed by atoms with Gasteiger partial charge in [0, 0.05) is 18.5 Å². The minimum absolute atomic E-state index is 0.166. The number of nitrogens with zero attached hydrogens (tertiary/aromatic N) is 2. The van der Waals surface area contributed by atoms with E-state index >= 15 is 0 Å². The summed E-state index contributed by atoms with van der Waals surface area (Å²) >= 11 is 0. The van der Waals surface area contributed by atoms with Gasteiger partial charge in [0.1, 0.15) is 17.7 Å². The van der Waals surface area contributed by atoms with E-state index in [1.54, 1.807) is 24.4 Å². The Hall–Kier alpha value is -3.35. The zero-order valence-corrected chi connectivity index (χ0v) is 16.5. The summed E-state index contributed by atoms with van der Waals surface area (Å²) in [5, 5.41) is 0. The van der Waals surface area contributed by atoms with E-state index in [0.717, 1.165) is 25.7 Å². The smallest absolute Gasteiger partial charge is 0.213 e. The number of rotatable bonds is 3. The Morgan fingerprint density at radius 3 is 2.10 bits per heavy atom. The van der Waals surface area contributed by atoms with E-state index in [0.29, 0.717) is 11.8 Å². The number of carbonyl (C=O) groups is 1. The van der Waals surface area contributed by atoms with Crippen molar-refractivity contribution in [3.63, 3.8) is 0 Å². The number of hydrogen-bond acceptors (Lipinski definition) is 4. The third-order valence-electron chi connectivity index (χ3n) is 4.57. The van der Waals surface area contributed by atoms with Gasteiger partial charge in [-0.1, -0.05) is 18.2 Å². The molecular formula is C23H25F2N3O2. The molecule has 2 heterocycles. The van der Waals surface area contributed by atoms with Crippen molar-refractivity contribution in [2.24, 2.45) is 5.73 Å². The first-order valence-electron chi connectivity index (χ1n) is 9.66.